The number of benzene rings is 1. The second-order valence-electron chi connectivity index (χ2n) is 6.57. The van der Waals surface area contributed by atoms with E-state index in [2.05, 4.69) is 19.2 Å². The van der Waals surface area contributed by atoms with Crippen molar-refractivity contribution >= 4 is 0 Å². The van der Waals surface area contributed by atoms with Crippen LogP contribution in [-0.4, -0.2) is 19.7 Å². The monoisotopic (exact) mass is 279 g/mol. The molecule has 1 aliphatic rings. The summed E-state index contributed by atoms with van der Waals surface area (Å²) in [6, 6.07) is 6.92. The van der Waals surface area contributed by atoms with Crippen LogP contribution < -0.4 is 5.32 Å². The molecule has 1 atom stereocenters. The molecule has 0 saturated heterocycles. The van der Waals surface area contributed by atoms with Crippen LogP contribution in [0.4, 0.5) is 4.39 Å². The molecule has 2 nitrogen and oxygen atoms in total. The van der Waals surface area contributed by atoms with Gasteiger partial charge in [0.2, 0.25) is 0 Å². The Morgan fingerprint density at radius 1 is 1.30 bits per heavy atom. The minimum atomic E-state index is -0.201. The van der Waals surface area contributed by atoms with E-state index in [4.69, 9.17) is 4.74 Å². The zero-order valence-corrected chi connectivity index (χ0v) is 12.8. The molecule has 0 spiro atoms. The molecule has 1 aromatic carbocycles. The maximum Gasteiger partial charge on any atom is 0.129 e. The SMILES string of the molecule is CNCC(OC1CCC(C)(C)CC1)c1ccccc1F. The normalized spacial score (nSPS) is 20.8. The predicted octanol–water partition coefficient (Wildman–Crippen LogP) is 4.07. The molecule has 2 rings (SSSR count). The third kappa shape index (κ3) is 4.03. The summed E-state index contributed by atoms with van der Waals surface area (Å²) in [5.41, 5.74) is 1.09. The van der Waals surface area contributed by atoms with E-state index in [0.29, 0.717) is 17.5 Å². The van der Waals surface area contributed by atoms with E-state index in [1.807, 2.05) is 19.2 Å². The van der Waals surface area contributed by atoms with Crippen LogP contribution in [0.2, 0.25) is 0 Å². The van der Waals surface area contributed by atoms with Gasteiger partial charge in [-0.2, -0.15) is 0 Å². The summed E-state index contributed by atoms with van der Waals surface area (Å²) < 4.78 is 20.1. The average molecular weight is 279 g/mol. The summed E-state index contributed by atoms with van der Waals surface area (Å²) in [6.45, 7) is 5.26. The fourth-order valence-electron chi connectivity index (χ4n) is 2.89. The van der Waals surface area contributed by atoms with Crippen molar-refractivity contribution in [1.29, 1.82) is 0 Å². The first-order chi connectivity index (χ1) is 9.52. The van der Waals surface area contributed by atoms with Crippen molar-refractivity contribution in [3.8, 4) is 0 Å². The van der Waals surface area contributed by atoms with Gasteiger partial charge in [0.1, 0.15) is 5.82 Å². The van der Waals surface area contributed by atoms with Crippen molar-refractivity contribution in [3.63, 3.8) is 0 Å². The van der Waals surface area contributed by atoms with Gasteiger partial charge in [-0.05, 0) is 44.2 Å². The van der Waals surface area contributed by atoms with E-state index in [9.17, 15) is 4.39 Å². The summed E-state index contributed by atoms with van der Waals surface area (Å²) in [5, 5.41) is 3.11. The van der Waals surface area contributed by atoms with E-state index < -0.39 is 0 Å². The van der Waals surface area contributed by atoms with Crippen LogP contribution in [0, 0.1) is 11.2 Å². The zero-order chi connectivity index (χ0) is 14.6. The molecular formula is C17H26FNO. The van der Waals surface area contributed by atoms with Crippen LogP contribution in [0.25, 0.3) is 0 Å². The lowest BCUT2D eigenvalue weighted by Gasteiger charge is -2.36. The van der Waals surface area contributed by atoms with E-state index in [1.165, 1.54) is 18.9 Å². The molecule has 0 amide bonds. The molecule has 1 aliphatic carbocycles. The van der Waals surface area contributed by atoms with Crippen LogP contribution in [0.5, 0.6) is 0 Å². The smallest absolute Gasteiger partial charge is 0.129 e. The lowest BCUT2D eigenvalue weighted by atomic mass is 9.76. The Kier molecular flexibility index (Phi) is 5.17. The maximum atomic E-state index is 13.9. The Bertz CT molecular complexity index is 423. The third-order valence-corrected chi connectivity index (χ3v) is 4.28. The van der Waals surface area contributed by atoms with Crippen LogP contribution in [0.1, 0.15) is 51.2 Å². The minimum absolute atomic E-state index is 0.177. The Balaban J connectivity index is 2.02. The zero-order valence-electron chi connectivity index (χ0n) is 12.8. The van der Waals surface area contributed by atoms with E-state index in [0.717, 1.165) is 12.8 Å². The number of hydrogen-bond acceptors (Lipinski definition) is 2. The second kappa shape index (κ2) is 6.68. The van der Waals surface area contributed by atoms with E-state index >= 15 is 0 Å². The van der Waals surface area contributed by atoms with Gasteiger partial charge in [0, 0.05) is 12.1 Å². The van der Waals surface area contributed by atoms with Crippen molar-refractivity contribution < 1.29 is 9.13 Å². The Morgan fingerprint density at radius 3 is 2.55 bits per heavy atom. The maximum absolute atomic E-state index is 13.9. The van der Waals surface area contributed by atoms with Gasteiger partial charge in [0.15, 0.2) is 0 Å². The molecule has 112 valence electrons. The highest BCUT2D eigenvalue weighted by atomic mass is 19.1. The van der Waals surface area contributed by atoms with Gasteiger partial charge in [0.05, 0.1) is 12.2 Å². The number of rotatable bonds is 5. The van der Waals surface area contributed by atoms with Gasteiger partial charge in [0.25, 0.3) is 0 Å². The number of nitrogens with one attached hydrogen (secondary N) is 1. The number of ether oxygens (including phenoxy) is 1. The molecule has 0 aromatic heterocycles. The van der Waals surface area contributed by atoms with Crippen LogP contribution in [0.15, 0.2) is 24.3 Å². The molecule has 1 fully saturated rings. The quantitative estimate of drug-likeness (QED) is 0.877. The van der Waals surface area contributed by atoms with Gasteiger partial charge in [-0.3, -0.25) is 0 Å². The largest absolute Gasteiger partial charge is 0.369 e. The molecule has 0 bridgehead atoms. The van der Waals surface area contributed by atoms with Gasteiger partial charge in [-0.1, -0.05) is 32.0 Å². The average Bonchev–Trinajstić information content (AvgIpc) is 2.41. The van der Waals surface area contributed by atoms with Gasteiger partial charge < -0.3 is 10.1 Å². The van der Waals surface area contributed by atoms with Crippen molar-refractivity contribution in [3.05, 3.63) is 35.6 Å². The first kappa shape index (κ1) is 15.5. The standard InChI is InChI=1S/C17H26FNO/c1-17(2)10-8-13(9-11-17)20-16(12-19-3)14-6-4-5-7-15(14)18/h4-7,13,16,19H,8-12H2,1-3H3. The van der Waals surface area contributed by atoms with Crippen LogP contribution in [0.3, 0.4) is 0 Å². The summed E-state index contributed by atoms with van der Waals surface area (Å²) in [6.07, 6.45) is 4.56. The Labute approximate surface area is 121 Å². The van der Waals surface area contributed by atoms with Crippen molar-refractivity contribution in [1.82, 2.24) is 5.32 Å². The fourth-order valence-corrected chi connectivity index (χ4v) is 2.89. The molecule has 0 aliphatic heterocycles. The fraction of sp³-hybridized carbons (Fsp3) is 0.647. The molecule has 0 radical (unpaired) electrons. The molecular weight excluding hydrogens is 253 g/mol. The minimum Gasteiger partial charge on any atom is -0.369 e. The summed E-state index contributed by atoms with van der Waals surface area (Å²) >= 11 is 0. The lowest BCUT2D eigenvalue weighted by molar-refractivity contribution is -0.0466. The van der Waals surface area contributed by atoms with Gasteiger partial charge in [-0.25, -0.2) is 4.39 Å². The van der Waals surface area contributed by atoms with E-state index in [1.54, 1.807) is 6.07 Å². The molecule has 1 aromatic rings. The third-order valence-electron chi connectivity index (χ3n) is 4.28. The van der Waals surface area contributed by atoms with Crippen LogP contribution in [-0.2, 0) is 4.74 Å². The molecule has 3 heteroatoms. The Hall–Kier alpha value is -0.930. The molecule has 1 unspecified atom stereocenters. The molecule has 1 N–H and O–H groups in total. The van der Waals surface area contributed by atoms with Gasteiger partial charge in [-0.15, -0.1) is 0 Å². The molecule has 1 saturated carbocycles. The summed E-state index contributed by atoms with van der Waals surface area (Å²) in [7, 11) is 1.88. The molecule has 0 heterocycles. The second-order valence-corrected chi connectivity index (χ2v) is 6.57. The van der Waals surface area contributed by atoms with Crippen LogP contribution >= 0.6 is 0 Å². The van der Waals surface area contributed by atoms with Crippen molar-refractivity contribution in [2.24, 2.45) is 5.41 Å². The number of hydrogen-bond donors (Lipinski definition) is 1. The van der Waals surface area contributed by atoms with E-state index in [-0.39, 0.29) is 18.0 Å². The van der Waals surface area contributed by atoms with Crippen molar-refractivity contribution in [2.45, 2.75) is 51.7 Å². The highest BCUT2D eigenvalue weighted by Crippen LogP contribution is 2.37. The first-order valence-corrected chi connectivity index (χ1v) is 7.56. The number of halogens is 1. The van der Waals surface area contributed by atoms with Gasteiger partial charge >= 0.3 is 0 Å². The summed E-state index contributed by atoms with van der Waals surface area (Å²) in [4.78, 5) is 0. The Morgan fingerprint density at radius 2 is 1.95 bits per heavy atom. The molecule has 20 heavy (non-hydrogen) atoms. The first-order valence-electron chi connectivity index (χ1n) is 7.56. The lowest BCUT2D eigenvalue weighted by Crippen LogP contribution is -2.30. The predicted molar refractivity (Wildman–Crippen MR) is 80.2 cm³/mol. The van der Waals surface area contributed by atoms with Crippen molar-refractivity contribution in [2.75, 3.05) is 13.6 Å². The highest BCUT2D eigenvalue weighted by Gasteiger charge is 2.29. The number of likely N-dealkylation sites (N-methyl/N-ethyl adjacent to an activating group) is 1. The highest BCUT2D eigenvalue weighted by molar-refractivity contribution is 5.20. The summed E-state index contributed by atoms with van der Waals surface area (Å²) in [5.74, 6) is -0.177. The topological polar surface area (TPSA) is 21.3 Å².